The molecule has 0 aliphatic carbocycles. The number of nitrogens with zero attached hydrogens (tertiary/aromatic N) is 4. The summed E-state index contributed by atoms with van der Waals surface area (Å²) in [6.45, 7) is 3.42. The summed E-state index contributed by atoms with van der Waals surface area (Å²) < 4.78 is 15.8. The van der Waals surface area contributed by atoms with Crippen LogP contribution in [0.3, 0.4) is 0 Å². The first-order valence-corrected chi connectivity index (χ1v) is 12.6. The smallest absolute Gasteiger partial charge is 0.249 e. The van der Waals surface area contributed by atoms with Gasteiger partial charge >= 0.3 is 0 Å². The van der Waals surface area contributed by atoms with Gasteiger partial charge in [-0.3, -0.25) is 9.36 Å². The van der Waals surface area contributed by atoms with E-state index in [0.29, 0.717) is 24.1 Å². The monoisotopic (exact) mass is 484 g/mol. The summed E-state index contributed by atoms with van der Waals surface area (Å²) in [5.74, 6) is 0.603. The van der Waals surface area contributed by atoms with Crippen LogP contribution in [0.4, 0.5) is 15.9 Å². The van der Waals surface area contributed by atoms with Crippen LogP contribution in [0.25, 0.3) is 16.9 Å². The number of nitrogens with one attached hydrogen (secondary N) is 1. The van der Waals surface area contributed by atoms with Crippen LogP contribution in [0.1, 0.15) is 53.0 Å². The molecule has 0 spiro atoms. The second-order valence-corrected chi connectivity index (χ2v) is 9.76. The summed E-state index contributed by atoms with van der Waals surface area (Å²) in [6.07, 6.45) is 5.54. The molecular formula is C28H29FN6O. The highest BCUT2D eigenvalue weighted by Gasteiger charge is 2.33. The molecule has 1 amide bonds. The van der Waals surface area contributed by atoms with Crippen molar-refractivity contribution < 1.29 is 9.18 Å². The zero-order valence-electron chi connectivity index (χ0n) is 20.3. The van der Waals surface area contributed by atoms with Gasteiger partial charge in [-0.15, -0.1) is 0 Å². The largest absolute Gasteiger partial charge is 0.366 e. The molecule has 1 fully saturated rings. The molecule has 0 radical (unpaired) electrons. The van der Waals surface area contributed by atoms with Gasteiger partial charge in [0, 0.05) is 35.8 Å². The van der Waals surface area contributed by atoms with Crippen molar-refractivity contribution >= 4 is 28.3 Å². The molecule has 4 aromatic rings. The van der Waals surface area contributed by atoms with Crippen molar-refractivity contribution in [1.29, 1.82) is 0 Å². The fourth-order valence-electron chi connectivity index (χ4n) is 5.76. The number of aryl methyl sites for hydroxylation is 2. The molecule has 2 aromatic carbocycles. The normalized spacial score (nSPS) is 17.1. The number of anilines is 2. The Morgan fingerprint density at radius 1 is 1.14 bits per heavy atom. The van der Waals surface area contributed by atoms with E-state index in [2.05, 4.69) is 10.2 Å². The van der Waals surface area contributed by atoms with Crippen LogP contribution in [0.5, 0.6) is 0 Å². The lowest BCUT2D eigenvalue weighted by Gasteiger charge is -2.42. The quantitative estimate of drug-likeness (QED) is 0.421. The van der Waals surface area contributed by atoms with Crippen molar-refractivity contribution in [2.75, 3.05) is 16.8 Å². The third-order valence-electron chi connectivity index (χ3n) is 7.42. The van der Waals surface area contributed by atoms with E-state index in [9.17, 15) is 9.18 Å². The third-order valence-corrected chi connectivity index (χ3v) is 7.42. The average Bonchev–Trinajstić information content (AvgIpc) is 3.22. The van der Waals surface area contributed by atoms with E-state index in [1.165, 1.54) is 18.9 Å². The number of piperidine rings is 1. The van der Waals surface area contributed by atoms with E-state index in [1.54, 1.807) is 18.2 Å². The lowest BCUT2D eigenvalue weighted by molar-refractivity contribution is 0.100. The number of amides is 1. The number of hydrogen-bond donors (Lipinski definition) is 2. The van der Waals surface area contributed by atoms with Crippen molar-refractivity contribution in [3.8, 4) is 5.95 Å². The maximum absolute atomic E-state index is 13.8. The summed E-state index contributed by atoms with van der Waals surface area (Å²) in [7, 11) is 0. The number of primary amides is 1. The van der Waals surface area contributed by atoms with Crippen LogP contribution in [-0.4, -0.2) is 33.0 Å². The predicted octanol–water partition coefficient (Wildman–Crippen LogP) is 4.88. The van der Waals surface area contributed by atoms with Gasteiger partial charge < -0.3 is 16.0 Å². The molecule has 1 saturated heterocycles. The number of aromatic nitrogens is 3. The summed E-state index contributed by atoms with van der Waals surface area (Å²) in [4.78, 5) is 24.6. The first-order valence-electron chi connectivity index (χ1n) is 12.6. The van der Waals surface area contributed by atoms with E-state index in [0.717, 1.165) is 65.2 Å². The van der Waals surface area contributed by atoms with Crippen LogP contribution in [0.15, 0.2) is 48.5 Å². The van der Waals surface area contributed by atoms with Crippen molar-refractivity contribution in [1.82, 2.24) is 14.5 Å². The molecule has 2 aliphatic rings. The van der Waals surface area contributed by atoms with Gasteiger partial charge in [-0.1, -0.05) is 18.2 Å². The molecule has 8 heteroatoms. The van der Waals surface area contributed by atoms with E-state index < -0.39 is 5.91 Å². The molecule has 0 bridgehead atoms. The molecule has 36 heavy (non-hydrogen) atoms. The van der Waals surface area contributed by atoms with E-state index in [1.807, 2.05) is 35.8 Å². The van der Waals surface area contributed by atoms with Gasteiger partial charge in [-0.25, -0.2) is 9.37 Å². The number of benzene rings is 2. The lowest BCUT2D eigenvalue weighted by atomic mass is 9.92. The molecule has 2 aromatic heterocycles. The molecular weight excluding hydrogens is 455 g/mol. The number of halogens is 1. The predicted molar refractivity (Wildman–Crippen MR) is 139 cm³/mol. The standard InChI is InChI=1S/C28H29FN6O/c1-17-14-22-21(26(30)36)9-5-10-24(22)35(17)28-32-23-12-11-20-8-2-3-13-34(20)25(23)27(33-28)31-16-18-6-4-7-19(29)15-18/h4-7,9-10,14-15,20H,2-3,8,11-13,16H2,1H3,(H2,30,36)(H,31,32,33). The Morgan fingerprint density at radius 2 is 2.00 bits per heavy atom. The molecule has 1 atom stereocenters. The Hall–Kier alpha value is -3.94. The maximum Gasteiger partial charge on any atom is 0.249 e. The van der Waals surface area contributed by atoms with Crippen LogP contribution in [0.2, 0.25) is 0 Å². The van der Waals surface area contributed by atoms with Gasteiger partial charge in [0.15, 0.2) is 5.82 Å². The Labute approximate surface area is 209 Å². The van der Waals surface area contributed by atoms with E-state index in [4.69, 9.17) is 15.7 Å². The van der Waals surface area contributed by atoms with Crippen LogP contribution < -0.4 is 16.0 Å². The lowest BCUT2D eigenvalue weighted by Crippen LogP contribution is -2.43. The van der Waals surface area contributed by atoms with Crippen LogP contribution in [0, 0.1) is 12.7 Å². The summed E-state index contributed by atoms with van der Waals surface area (Å²) in [6, 6.07) is 14.6. The molecule has 184 valence electrons. The minimum atomic E-state index is -0.460. The van der Waals surface area contributed by atoms with Gasteiger partial charge in [0.05, 0.1) is 11.2 Å². The van der Waals surface area contributed by atoms with E-state index in [-0.39, 0.29) is 5.82 Å². The SMILES string of the molecule is Cc1cc2c(C(N)=O)cccc2n1-c1nc2c(c(NCc3cccc(F)c3)n1)N1CCCCC1CC2. The van der Waals surface area contributed by atoms with Gasteiger partial charge in [0.1, 0.15) is 11.5 Å². The van der Waals surface area contributed by atoms with Gasteiger partial charge in [-0.05, 0) is 74.9 Å². The highest BCUT2D eigenvalue weighted by atomic mass is 19.1. The highest BCUT2D eigenvalue weighted by molar-refractivity contribution is 6.06. The zero-order chi connectivity index (χ0) is 24.8. The maximum atomic E-state index is 13.8. The molecule has 7 nitrogen and oxygen atoms in total. The Kier molecular flexibility index (Phi) is 5.59. The minimum Gasteiger partial charge on any atom is -0.366 e. The fourth-order valence-corrected chi connectivity index (χ4v) is 5.76. The van der Waals surface area contributed by atoms with E-state index >= 15 is 0 Å². The molecule has 0 saturated carbocycles. The van der Waals surface area contributed by atoms with Crippen molar-refractivity contribution in [2.24, 2.45) is 5.73 Å². The Balaban J connectivity index is 1.49. The second-order valence-electron chi connectivity index (χ2n) is 9.76. The molecule has 4 heterocycles. The average molecular weight is 485 g/mol. The molecule has 3 N–H and O–H groups in total. The number of carbonyl (C=O) groups is 1. The Morgan fingerprint density at radius 3 is 2.83 bits per heavy atom. The third kappa shape index (κ3) is 3.86. The zero-order valence-corrected chi connectivity index (χ0v) is 20.3. The van der Waals surface area contributed by atoms with Crippen LogP contribution in [-0.2, 0) is 13.0 Å². The number of rotatable bonds is 5. The summed E-state index contributed by atoms with van der Waals surface area (Å²) in [5, 5.41) is 4.29. The summed E-state index contributed by atoms with van der Waals surface area (Å²) in [5.41, 5.74) is 10.8. The fraction of sp³-hybridized carbons (Fsp3) is 0.321. The molecule has 1 unspecified atom stereocenters. The van der Waals surface area contributed by atoms with Crippen molar-refractivity contribution in [3.63, 3.8) is 0 Å². The van der Waals surface area contributed by atoms with Crippen molar-refractivity contribution in [2.45, 2.75) is 51.6 Å². The van der Waals surface area contributed by atoms with Crippen LogP contribution >= 0.6 is 0 Å². The minimum absolute atomic E-state index is 0.254. The Bertz CT molecular complexity index is 1480. The number of fused-ring (bicyclic) bond motifs is 4. The topological polar surface area (TPSA) is 89.1 Å². The van der Waals surface area contributed by atoms with Gasteiger partial charge in [-0.2, -0.15) is 4.98 Å². The second kappa shape index (κ2) is 8.93. The summed E-state index contributed by atoms with van der Waals surface area (Å²) >= 11 is 0. The van der Waals surface area contributed by atoms with Gasteiger partial charge in [0.2, 0.25) is 11.9 Å². The molecule has 6 rings (SSSR count). The first kappa shape index (κ1) is 22.5. The number of carbonyl (C=O) groups excluding carboxylic acids is 1. The highest BCUT2D eigenvalue weighted by Crippen LogP contribution is 2.40. The first-order chi connectivity index (χ1) is 17.5. The van der Waals surface area contributed by atoms with Gasteiger partial charge in [0.25, 0.3) is 0 Å². The molecule has 2 aliphatic heterocycles. The number of nitrogens with two attached hydrogens (primary N) is 1. The number of hydrogen-bond acceptors (Lipinski definition) is 5. The van der Waals surface area contributed by atoms with Crippen molar-refractivity contribution in [3.05, 3.63) is 76.9 Å².